The number of amides is 1. The fourth-order valence-electron chi connectivity index (χ4n) is 3.62. The van der Waals surface area contributed by atoms with Crippen LogP contribution >= 0.6 is 0 Å². The van der Waals surface area contributed by atoms with Crippen LogP contribution in [0.25, 0.3) is 0 Å². The second kappa shape index (κ2) is 8.70. The molecule has 25 heavy (non-hydrogen) atoms. The first-order chi connectivity index (χ1) is 11.8. The van der Waals surface area contributed by atoms with Crippen molar-refractivity contribution in [2.24, 2.45) is 5.92 Å². The molecule has 1 fully saturated rings. The lowest BCUT2D eigenvalue weighted by atomic mass is 9.92. The van der Waals surface area contributed by atoms with Crippen LogP contribution in [0, 0.1) is 5.92 Å². The first kappa shape index (κ1) is 19.8. The lowest BCUT2D eigenvalue weighted by Crippen LogP contribution is -2.53. The van der Waals surface area contributed by atoms with Crippen LogP contribution in [0.1, 0.15) is 53.0 Å². The van der Waals surface area contributed by atoms with E-state index in [9.17, 15) is 4.79 Å². The smallest absolute Gasteiger partial charge is 0.410 e. The van der Waals surface area contributed by atoms with Crippen molar-refractivity contribution in [1.82, 2.24) is 9.80 Å². The lowest BCUT2D eigenvalue weighted by Gasteiger charge is -2.43. The molecule has 0 saturated carbocycles. The Morgan fingerprint density at radius 3 is 2.52 bits per heavy atom. The van der Waals surface area contributed by atoms with Crippen LogP contribution < -0.4 is 0 Å². The summed E-state index contributed by atoms with van der Waals surface area (Å²) in [6.45, 7) is 14.0. The van der Waals surface area contributed by atoms with Crippen LogP contribution in [-0.4, -0.2) is 47.2 Å². The van der Waals surface area contributed by atoms with Gasteiger partial charge in [0.25, 0.3) is 0 Å². The SMILES string of the molecule is CCCN(C(=O)OC(C)(C)C)[C@@H]1CCN(Cc2ccccc2)C[C@H]1C. The Morgan fingerprint density at radius 2 is 1.96 bits per heavy atom. The van der Waals surface area contributed by atoms with Crippen molar-refractivity contribution in [3.8, 4) is 0 Å². The molecule has 1 saturated heterocycles. The van der Waals surface area contributed by atoms with E-state index >= 15 is 0 Å². The quantitative estimate of drug-likeness (QED) is 0.784. The van der Waals surface area contributed by atoms with Gasteiger partial charge in [-0.15, -0.1) is 0 Å². The summed E-state index contributed by atoms with van der Waals surface area (Å²) in [4.78, 5) is 17.1. The van der Waals surface area contributed by atoms with Crippen LogP contribution in [-0.2, 0) is 11.3 Å². The summed E-state index contributed by atoms with van der Waals surface area (Å²) in [6.07, 6.45) is 1.80. The molecule has 1 heterocycles. The minimum absolute atomic E-state index is 0.164. The molecule has 0 spiro atoms. The Labute approximate surface area is 153 Å². The molecule has 1 aromatic carbocycles. The number of nitrogens with zero attached hydrogens (tertiary/aromatic N) is 2. The standard InChI is InChI=1S/C21H34N2O2/c1-6-13-23(20(24)25-21(3,4)5)19-12-14-22(15-17(19)2)16-18-10-8-7-9-11-18/h7-11,17,19H,6,12-16H2,1-5H3/t17-,19-/m1/s1. The van der Waals surface area contributed by atoms with Gasteiger partial charge >= 0.3 is 6.09 Å². The summed E-state index contributed by atoms with van der Waals surface area (Å²) in [7, 11) is 0. The number of carbonyl (C=O) groups is 1. The number of ether oxygens (including phenoxy) is 1. The summed E-state index contributed by atoms with van der Waals surface area (Å²) >= 11 is 0. The highest BCUT2D eigenvalue weighted by molar-refractivity contribution is 5.68. The number of benzene rings is 1. The van der Waals surface area contributed by atoms with Crippen LogP contribution in [0.4, 0.5) is 4.79 Å². The highest BCUT2D eigenvalue weighted by Gasteiger charge is 2.34. The summed E-state index contributed by atoms with van der Waals surface area (Å²) in [5, 5.41) is 0. The fourth-order valence-corrected chi connectivity index (χ4v) is 3.62. The molecule has 0 radical (unpaired) electrons. The van der Waals surface area contributed by atoms with Gasteiger partial charge in [0.15, 0.2) is 0 Å². The first-order valence-electron chi connectivity index (χ1n) is 9.56. The van der Waals surface area contributed by atoms with Gasteiger partial charge in [-0.3, -0.25) is 4.90 Å². The van der Waals surface area contributed by atoms with Gasteiger partial charge in [-0.2, -0.15) is 0 Å². The van der Waals surface area contributed by atoms with Crippen LogP contribution in [0.5, 0.6) is 0 Å². The third-order valence-corrected chi connectivity index (χ3v) is 4.69. The molecule has 0 bridgehead atoms. The third-order valence-electron chi connectivity index (χ3n) is 4.69. The molecule has 4 nitrogen and oxygen atoms in total. The van der Waals surface area contributed by atoms with E-state index in [1.54, 1.807) is 0 Å². The van der Waals surface area contributed by atoms with Gasteiger partial charge in [-0.1, -0.05) is 44.2 Å². The van der Waals surface area contributed by atoms with E-state index in [-0.39, 0.29) is 12.1 Å². The topological polar surface area (TPSA) is 32.8 Å². The summed E-state index contributed by atoms with van der Waals surface area (Å²) in [5.74, 6) is 0.441. The highest BCUT2D eigenvalue weighted by atomic mass is 16.6. The lowest BCUT2D eigenvalue weighted by molar-refractivity contribution is -0.00260. The third kappa shape index (κ3) is 6.03. The maximum atomic E-state index is 12.7. The predicted octanol–water partition coefficient (Wildman–Crippen LogP) is 4.54. The zero-order chi connectivity index (χ0) is 18.4. The van der Waals surface area contributed by atoms with Crippen LogP contribution in [0.3, 0.4) is 0 Å². The molecule has 0 N–H and O–H groups in total. The molecule has 1 aromatic rings. The Hall–Kier alpha value is -1.55. The van der Waals surface area contributed by atoms with E-state index < -0.39 is 5.60 Å². The van der Waals surface area contributed by atoms with Crippen molar-refractivity contribution >= 4 is 6.09 Å². The molecular weight excluding hydrogens is 312 g/mol. The normalized spacial score (nSPS) is 21.8. The molecule has 2 atom stereocenters. The molecule has 0 unspecified atom stereocenters. The average Bonchev–Trinajstić information content (AvgIpc) is 2.53. The fraction of sp³-hybridized carbons (Fsp3) is 0.667. The van der Waals surface area contributed by atoms with Crippen LogP contribution in [0.2, 0.25) is 0 Å². The van der Waals surface area contributed by atoms with Gasteiger partial charge in [0.2, 0.25) is 0 Å². The van der Waals surface area contributed by atoms with Crippen molar-refractivity contribution < 1.29 is 9.53 Å². The average molecular weight is 347 g/mol. The van der Waals surface area contributed by atoms with Gasteiger partial charge in [0, 0.05) is 32.2 Å². The van der Waals surface area contributed by atoms with E-state index in [1.807, 2.05) is 25.7 Å². The molecular formula is C21H34N2O2. The Kier molecular flexibility index (Phi) is 6.88. The van der Waals surface area contributed by atoms with Gasteiger partial charge in [0.05, 0.1) is 0 Å². The second-order valence-corrected chi connectivity index (χ2v) is 8.23. The summed E-state index contributed by atoms with van der Waals surface area (Å²) < 4.78 is 5.65. The zero-order valence-corrected chi connectivity index (χ0v) is 16.5. The van der Waals surface area contributed by atoms with Crippen molar-refractivity contribution in [2.45, 2.75) is 65.6 Å². The molecule has 1 amide bonds. The number of hydrogen-bond acceptors (Lipinski definition) is 3. The minimum Gasteiger partial charge on any atom is -0.444 e. The predicted molar refractivity (Wildman–Crippen MR) is 103 cm³/mol. The molecule has 0 aromatic heterocycles. The maximum Gasteiger partial charge on any atom is 0.410 e. The minimum atomic E-state index is -0.444. The van der Waals surface area contributed by atoms with Crippen molar-refractivity contribution in [3.63, 3.8) is 0 Å². The number of carbonyl (C=O) groups excluding carboxylic acids is 1. The largest absolute Gasteiger partial charge is 0.444 e. The van der Waals surface area contributed by atoms with E-state index in [2.05, 4.69) is 49.1 Å². The van der Waals surface area contributed by atoms with Gasteiger partial charge in [-0.25, -0.2) is 4.79 Å². The van der Waals surface area contributed by atoms with Gasteiger partial charge in [-0.05, 0) is 45.1 Å². The first-order valence-corrected chi connectivity index (χ1v) is 9.56. The van der Waals surface area contributed by atoms with E-state index in [1.165, 1.54) is 5.56 Å². The zero-order valence-electron chi connectivity index (χ0n) is 16.5. The summed E-state index contributed by atoms with van der Waals surface area (Å²) in [5.41, 5.74) is 0.908. The van der Waals surface area contributed by atoms with Crippen molar-refractivity contribution in [1.29, 1.82) is 0 Å². The van der Waals surface area contributed by atoms with E-state index in [0.29, 0.717) is 5.92 Å². The molecule has 2 rings (SSSR count). The molecule has 0 aliphatic carbocycles. The number of rotatable bonds is 5. The second-order valence-electron chi connectivity index (χ2n) is 8.23. The van der Waals surface area contributed by atoms with E-state index in [4.69, 9.17) is 4.74 Å². The van der Waals surface area contributed by atoms with Crippen LogP contribution in [0.15, 0.2) is 30.3 Å². The number of likely N-dealkylation sites (tertiary alicyclic amines) is 1. The molecule has 1 aliphatic rings. The molecule has 1 aliphatic heterocycles. The van der Waals surface area contributed by atoms with Crippen molar-refractivity contribution in [3.05, 3.63) is 35.9 Å². The van der Waals surface area contributed by atoms with Gasteiger partial charge < -0.3 is 9.64 Å². The maximum absolute atomic E-state index is 12.7. The van der Waals surface area contributed by atoms with Crippen molar-refractivity contribution in [2.75, 3.05) is 19.6 Å². The number of piperidine rings is 1. The highest BCUT2D eigenvalue weighted by Crippen LogP contribution is 2.25. The van der Waals surface area contributed by atoms with E-state index in [0.717, 1.165) is 39.0 Å². The Balaban J connectivity index is 1.98. The Morgan fingerprint density at radius 1 is 1.28 bits per heavy atom. The molecule has 140 valence electrons. The number of hydrogen-bond donors (Lipinski definition) is 0. The monoisotopic (exact) mass is 346 g/mol. The molecule has 4 heteroatoms. The summed E-state index contributed by atoms with van der Waals surface area (Å²) in [6, 6.07) is 10.9. The van der Waals surface area contributed by atoms with Gasteiger partial charge in [0.1, 0.15) is 5.60 Å². The Bertz CT molecular complexity index is 539.